The van der Waals surface area contributed by atoms with Crippen LogP contribution in [-0.4, -0.2) is 29.3 Å². The van der Waals surface area contributed by atoms with Gasteiger partial charge < -0.3 is 20.3 Å². The van der Waals surface area contributed by atoms with Crippen molar-refractivity contribution < 1.29 is 14.6 Å². The molecule has 122 valence electrons. The van der Waals surface area contributed by atoms with Gasteiger partial charge in [-0.05, 0) is 48.5 Å². The summed E-state index contributed by atoms with van der Waals surface area (Å²) in [5.74, 6) is 1.62. The molecule has 6 nitrogen and oxygen atoms in total. The van der Waals surface area contributed by atoms with Crippen molar-refractivity contribution in [3.63, 3.8) is 0 Å². The summed E-state index contributed by atoms with van der Waals surface area (Å²) < 4.78 is 10.6. The molecule has 0 saturated carbocycles. The predicted octanol–water partition coefficient (Wildman–Crippen LogP) is 3.12. The Morgan fingerprint density at radius 3 is 2.00 bits per heavy atom. The highest BCUT2D eigenvalue weighted by Crippen LogP contribution is 2.33. The van der Waals surface area contributed by atoms with Crippen molar-refractivity contribution >= 4 is 5.95 Å². The lowest BCUT2D eigenvalue weighted by Crippen LogP contribution is -1.99. The number of aromatic nitrogens is 2. The number of aromatic hydroxyl groups is 1. The van der Waals surface area contributed by atoms with Crippen LogP contribution in [0.3, 0.4) is 0 Å². The van der Waals surface area contributed by atoms with Crippen LogP contribution in [0, 0.1) is 0 Å². The topological polar surface area (TPSA) is 90.5 Å². The van der Waals surface area contributed by atoms with Gasteiger partial charge in [0.1, 0.15) is 5.75 Å². The lowest BCUT2D eigenvalue weighted by molar-refractivity contribution is 0.355. The molecule has 0 aliphatic heterocycles. The van der Waals surface area contributed by atoms with E-state index >= 15 is 0 Å². The molecule has 0 atom stereocenters. The minimum Gasteiger partial charge on any atom is -0.508 e. The highest BCUT2D eigenvalue weighted by atomic mass is 16.5. The number of hydrogen-bond acceptors (Lipinski definition) is 6. The van der Waals surface area contributed by atoms with Crippen molar-refractivity contribution in [3.05, 3.63) is 48.5 Å². The number of nitrogen functional groups attached to an aromatic ring is 1. The Kier molecular flexibility index (Phi) is 4.20. The van der Waals surface area contributed by atoms with Crippen molar-refractivity contribution in [2.75, 3.05) is 20.0 Å². The first kappa shape index (κ1) is 15.6. The van der Waals surface area contributed by atoms with E-state index in [4.69, 9.17) is 15.2 Å². The van der Waals surface area contributed by atoms with Gasteiger partial charge in [0, 0.05) is 11.1 Å². The van der Waals surface area contributed by atoms with Crippen LogP contribution in [0.4, 0.5) is 5.95 Å². The zero-order valence-corrected chi connectivity index (χ0v) is 13.4. The summed E-state index contributed by atoms with van der Waals surface area (Å²) in [6.07, 6.45) is 0. The standard InChI is InChI=1S/C18H17N3O3/c1-23-16-8-5-12(9-17(16)24-2)15-10-14(20-18(19)21-15)11-3-6-13(22)7-4-11/h3-10,22H,1-2H3,(H2,19,20,21). The fourth-order valence-electron chi connectivity index (χ4n) is 2.39. The number of phenols is 1. The lowest BCUT2D eigenvalue weighted by atomic mass is 10.1. The van der Waals surface area contributed by atoms with Gasteiger partial charge in [0.25, 0.3) is 0 Å². The maximum absolute atomic E-state index is 9.41. The summed E-state index contributed by atoms with van der Waals surface area (Å²) in [5, 5.41) is 9.41. The van der Waals surface area contributed by atoms with Gasteiger partial charge in [0.05, 0.1) is 25.6 Å². The molecule has 1 aromatic heterocycles. The van der Waals surface area contributed by atoms with E-state index in [-0.39, 0.29) is 11.7 Å². The number of nitrogens with zero attached hydrogens (tertiary/aromatic N) is 2. The largest absolute Gasteiger partial charge is 0.508 e. The Morgan fingerprint density at radius 2 is 1.38 bits per heavy atom. The van der Waals surface area contributed by atoms with Crippen molar-refractivity contribution in [3.8, 4) is 39.8 Å². The van der Waals surface area contributed by atoms with E-state index in [2.05, 4.69) is 9.97 Å². The van der Waals surface area contributed by atoms with E-state index < -0.39 is 0 Å². The second-order valence-corrected chi connectivity index (χ2v) is 5.11. The normalized spacial score (nSPS) is 10.4. The van der Waals surface area contributed by atoms with E-state index in [0.717, 1.165) is 11.1 Å². The van der Waals surface area contributed by atoms with Crippen LogP contribution < -0.4 is 15.2 Å². The molecule has 3 aromatic rings. The third-order valence-electron chi connectivity index (χ3n) is 3.59. The first-order valence-electron chi connectivity index (χ1n) is 7.27. The van der Waals surface area contributed by atoms with Gasteiger partial charge in [0.15, 0.2) is 11.5 Å². The molecule has 3 N–H and O–H groups in total. The van der Waals surface area contributed by atoms with Gasteiger partial charge >= 0.3 is 0 Å². The summed E-state index contributed by atoms with van der Waals surface area (Å²) in [6, 6.07) is 14.1. The van der Waals surface area contributed by atoms with Gasteiger partial charge in [-0.15, -0.1) is 0 Å². The van der Waals surface area contributed by atoms with Gasteiger partial charge in [0.2, 0.25) is 5.95 Å². The van der Waals surface area contributed by atoms with E-state index in [1.54, 1.807) is 38.5 Å². The quantitative estimate of drug-likeness (QED) is 0.766. The number of phenolic OH excluding ortho intramolecular Hbond substituents is 1. The number of anilines is 1. The third kappa shape index (κ3) is 3.08. The Labute approximate surface area is 139 Å². The summed E-state index contributed by atoms with van der Waals surface area (Å²) in [5.41, 5.74) is 8.88. The van der Waals surface area contributed by atoms with Crippen LogP contribution in [0.1, 0.15) is 0 Å². The maximum Gasteiger partial charge on any atom is 0.221 e. The average molecular weight is 323 g/mol. The SMILES string of the molecule is COc1ccc(-c2cc(-c3ccc(O)cc3)nc(N)n2)cc1OC. The summed E-state index contributed by atoms with van der Waals surface area (Å²) in [7, 11) is 3.17. The molecule has 1 heterocycles. The van der Waals surface area contributed by atoms with Gasteiger partial charge in [-0.1, -0.05) is 0 Å². The molecule has 0 saturated heterocycles. The molecule has 0 aliphatic rings. The van der Waals surface area contributed by atoms with Crippen molar-refractivity contribution in [2.45, 2.75) is 0 Å². The minimum absolute atomic E-state index is 0.172. The highest BCUT2D eigenvalue weighted by Gasteiger charge is 2.10. The summed E-state index contributed by atoms with van der Waals surface area (Å²) >= 11 is 0. The number of ether oxygens (including phenoxy) is 2. The first-order valence-corrected chi connectivity index (χ1v) is 7.27. The fourth-order valence-corrected chi connectivity index (χ4v) is 2.39. The first-order chi connectivity index (χ1) is 11.6. The number of methoxy groups -OCH3 is 2. The number of hydrogen-bond donors (Lipinski definition) is 2. The molecule has 0 spiro atoms. The number of benzene rings is 2. The smallest absolute Gasteiger partial charge is 0.221 e. The zero-order valence-electron chi connectivity index (χ0n) is 13.4. The maximum atomic E-state index is 9.41. The Balaban J connectivity index is 2.07. The van der Waals surface area contributed by atoms with Crippen molar-refractivity contribution in [1.29, 1.82) is 0 Å². The molecule has 24 heavy (non-hydrogen) atoms. The molecular weight excluding hydrogens is 306 g/mol. The Hall–Kier alpha value is -3.28. The highest BCUT2D eigenvalue weighted by molar-refractivity contribution is 5.71. The molecule has 0 fully saturated rings. The lowest BCUT2D eigenvalue weighted by Gasteiger charge is -2.10. The van der Waals surface area contributed by atoms with Crippen molar-refractivity contribution in [2.24, 2.45) is 0 Å². The van der Waals surface area contributed by atoms with Gasteiger partial charge in [-0.2, -0.15) is 0 Å². The van der Waals surface area contributed by atoms with Crippen LogP contribution in [0.5, 0.6) is 17.2 Å². The Bertz CT molecular complexity index is 864. The second kappa shape index (κ2) is 6.45. The van der Waals surface area contributed by atoms with Crippen LogP contribution in [0.25, 0.3) is 22.5 Å². The molecule has 0 amide bonds. The Morgan fingerprint density at radius 1 is 0.792 bits per heavy atom. The second-order valence-electron chi connectivity index (χ2n) is 5.11. The number of rotatable bonds is 4. The fraction of sp³-hybridized carbons (Fsp3) is 0.111. The summed E-state index contributed by atoms with van der Waals surface area (Å²) in [6.45, 7) is 0. The van der Waals surface area contributed by atoms with Crippen LogP contribution in [0.2, 0.25) is 0 Å². The predicted molar refractivity (Wildman–Crippen MR) is 92.1 cm³/mol. The zero-order chi connectivity index (χ0) is 17.1. The molecule has 0 radical (unpaired) electrons. The third-order valence-corrected chi connectivity index (χ3v) is 3.59. The molecule has 0 unspecified atom stereocenters. The molecule has 6 heteroatoms. The van der Waals surface area contributed by atoms with E-state index in [0.29, 0.717) is 22.9 Å². The van der Waals surface area contributed by atoms with E-state index in [1.807, 2.05) is 24.3 Å². The minimum atomic E-state index is 0.172. The molecule has 0 bridgehead atoms. The van der Waals surface area contributed by atoms with E-state index in [1.165, 1.54) is 0 Å². The van der Waals surface area contributed by atoms with Crippen LogP contribution in [0.15, 0.2) is 48.5 Å². The van der Waals surface area contributed by atoms with Crippen LogP contribution >= 0.6 is 0 Å². The van der Waals surface area contributed by atoms with Crippen molar-refractivity contribution in [1.82, 2.24) is 9.97 Å². The molecular formula is C18H17N3O3. The van der Waals surface area contributed by atoms with Crippen LogP contribution in [-0.2, 0) is 0 Å². The van der Waals surface area contributed by atoms with Gasteiger partial charge in [-0.3, -0.25) is 0 Å². The van der Waals surface area contributed by atoms with E-state index in [9.17, 15) is 5.11 Å². The monoisotopic (exact) mass is 323 g/mol. The summed E-state index contributed by atoms with van der Waals surface area (Å²) in [4.78, 5) is 8.56. The molecule has 3 rings (SSSR count). The molecule has 2 aromatic carbocycles. The average Bonchev–Trinajstić information content (AvgIpc) is 2.61. The molecule has 0 aliphatic carbocycles. The number of nitrogens with two attached hydrogens (primary N) is 1. The van der Waals surface area contributed by atoms with Gasteiger partial charge in [-0.25, -0.2) is 9.97 Å².